The van der Waals surface area contributed by atoms with E-state index in [-0.39, 0.29) is 11.2 Å². The van der Waals surface area contributed by atoms with E-state index in [0.717, 1.165) is 17.5 Å². The van der Waals surface area contributed by atoms with Crippen LogP contribution in [0.5, 0.6) is 0 Å². The Morgan fingerprint density at radius 1 is 1.21 bits per heavy atom. The van der Waals surface area contributed by atoms with Crippen LogP contribution in [0, 0.1) is 5.92 Å². The van der Waals surface area contributed by atoms with Gasteiger partial charge < -0.3 is 4.57 Å². The molecule has 0 bridgehead atoms. The smallest absolute Gasteiger partial charge is 0.304 e. The number of hydrogen-bond acceptors (Lipinski definition) is 3. The van der Waals surface area contributed by atoms with Crippen LogP contribution in [0.2, 0.25) is 0 Å². The summed E-state index contributed by atoms with van der Waals surface area (Å²) in [6.07, 6.45) is 0.952. The van der Waals surface area contributed by atoms with Gasteiger partial charge in [0.05, 0.1) is 0 Å². The number of hydrogen-bond donors (Lipinski definition) is 0. The van der Waals surface area contributed by atoms with Crippen molar-refractivity contribution < 1.29 is 0 Å². The third-order valence-electron chi connectivity index (χ3n) is 3.22. The first-order chi connectivity index (χ1) is 8.84. The van der Waals surface area contributed by atoms with Gasteiger partial charge in [-0.3, -0.25) is 13.9 Å². The highest BCUT2D eigenvalue weighted by atomic mass is 79.9. The van der Waals surface area contributed by atoms with Gasteiger partial charge in [0.1, 0.15) is 0 Å². The summed E-state index contributed by atoms with van der Waals surface area (Å²) >= 11 is 3.37. The second-order valence-corrected chi connectivity index (χ2v) is 5.80. The number of fused-ring (bicyclic) bond motifs is 1. The summed E-state index contributed by atoms with van der Waals surface area (Å²) in [4.78, 5) is 28.3. The number of nitrogens with zero attached hydrogens (tertiary/aromatic N) is 4. The zero-order valence-corrected chi connectivity index (χ0v) is 13.1. The molecule has 104 valence electrons. The normalized spacial score (nSPS) is 11.7. The van der Waals surface area contributed by atoms with E-state index in [0.29, 0.717) is 21.8 Å². The van der Waals surface area contributed by atoms with Crippen molar-refractivity contribution in [2.75, 3.05) is 0 Å². The maximum Gasteiger partial charge on any atom is 0.332 e. The minimum Gasteiger partial charge on any atom is -0.304 e. The first-order valence-corrected chi connectivity index (χ1v) is 6.95. The van der Waals surface area contributed by atoms with Crippen molar-refractivity contribution in [2.45, 2.75) is 26.8 Å². The molecule has 2 aromatic rings. The zero-order valence-electron chi connectivity index (χ0n) is 11.5. The van der Waals surface area contributed by atoms with E-state index in [1.807, 2.05) is 4.57 Å². The first-order valence-electron chi connectivity index (χ1n) is 6.16. The molecule has 6 nitrogen and oxygen atoms in total. The van der Waals surface area contributed by atoms with Crippen LogP contribution in [-0.2, 0) is 20.6 Å². The second kappa shape index (κ2) is 4.96. The Labute approximate surface area is 118 Å². The minimum absolute atomic E-state index is 0.320. The predicted molar refractivity (Wildman–Crippen MR) is 77.4 cm³/mol. The Balaban J connectivity index is 2.76. The van der Waals surface area contributed by atoms with Crippen molar-refractivity contribution >= 4 is 27.1 Å². The first kappa shape index (κ1) is 14.0. The highest BCUT2D eigenvalue weighted by Crippen LogP contribution is 2.18. The molecule has 19 heavy (non-hydrogen) atoms. The van der Waals surface area contributed by atoms with Crippen LogP contribution < -0.4 is 11.2 Å². The van der Waals surface area contributed by atoms with Gasteiger partial charge >= 0.3 is 5.69 Å². The van der Waals surface area contributed by atoms with E-state index >= 15 is 0 Å². The van der Waals surface area contributed by atoms with Gasteiger partial charge in [0.2, 0.25) is 0 Å². The standard InChI is InChI=1S/C12H17BrN4O2/c1-7(2)5-6-17-9-8(14-11(17)13)10(18)16(4)12(19)15(9)3/h7H,5-6H2,1-4H3. The Bertz CT molecular complexity index is 739. The Morgan fingerprint density at radius 3 is 2.42 bits per heavy atom. The molecule has 0 aliphatic heterocycles. The molecule has 7 heteroatoms. The lowest BCUT2D eigenvalue weighted by molar-refractivity contribution is 0.512. The number of halogens is 1. The van der Waals surface area contributed by atoms with Gasteiger partial charge in [0.15, 0.2) is 15.9 Å². The summed E-state index contributed by atoms with van der Waals surface area (Å²) in [5, 5.41) is 0. The van der Waals surface area contributed by atoms with Gasteiger partial charge in [-0.15, -0.1) is 0 Å². The molecule has 0 N–H and O–H groups in total. The summed E-state index contributed by atoms with van der Waals surface area (Å²) in [6.45, 7) is 4.98. The van der Waals surface area contributed by atoms with Crippen LogP contribution in [-0.4, -0.2) is 18.7 Å². The average molecular weight is 329 g/mol. The minimum atomic E-state index is -0.359. The molecule has 2 rings (SSSR count). The molecular weight excluding hydrogens is 312 g/mol. The van der Waals surface area contributed by atoms with Crippen molar-refractivity contribution in [3.8, 4) is 0 Å². The molecule has 2 aromatic heterocycles. The van der Waals surface area contributed by atoms with E-state index in [1.165, 1.54) is 11.6 Å². The number of aromatic nitrogens is 4. The summed E-state index contributed by atoms with van der Waals surface area (Å²) in [5.41, 5.74) is 0.193. The molecule has 0 aliphatic rings. The molecule has 2 heterocycles. The van der Waals surface area contributed by atoms with Crippen LogP contribution in [0.25, 0.3) is 11.2 Å². The molecule has 0 fully saturated rings. The third-order valence-corrected chi connectivity index (χ3v) is 3.83. The lowest BCUT2D eigenvalue weighted by atomic mass is 10.1. The fraction of sp³-hybridized carbons (Fsp3) is 0.583. The van der Waals surface area contributed by atoms with E-state index < -0.39 is 0 Å². The molecule has 0 radical (unpaired) electrons. The van der Waals surface area contributed by atoms with Crippen LogP contribution in [0.15, 0.2) is 14.3 Å². The van der Waals surface area contributed by atoms with Crippen molar-refractivity contribution in [2.24, 2.45) is 20.0 Å². The fourth-order valence-electron chi connectivity index (χ4n) is 2.05. The molecule has 0 saturated carbocycles. The van der Waals surface area contributed by atoms with Crippen LogP contribution >= 0.6 is 15.9 Å². The lowest BCUT2D eigenvalue weighted by Crippen LogP contribution is -2.37. The second-order valence-electron chi connectivity index (χ2n) is 5.09. The third kappa shape index (κ3) is 2.27. The van der Waals surface area contributed by atoms with E-state index in [9.17, 15) is 9.59 Å². The topological polar surface area (TPSA) is 61.8 Å². The Kier molecular flexibility index (Phi) is 3.66. The summed E-state index contributed by atoms with van der Waals surface area (Å²) in [6, 6.07) is 0. The Morgan fingerprint density at radius 2 is 1.84 bits per heavy atom. The van der Waals surface area contributed by atoms with Gasteiger partial charge in [-0.25, -0.2) is 9.78 Å². The van der Waals surface area contributed by atoms with E-state index in [2.05, 4.69) is 34.8 Å². The van der Waals surface area contributed by atoms with Gasteiger partial charge in [0.25, 0.3) is 5.56 Å². The predicted octanol–water partition coefficient (Wildman–Crippen LogP) is 1.24. The molecule has 0 aromatic carbocycles. The fourth-order valence-corrected chi connectivity index (χ4v) is 2.57. The van der Waals surface area contributed by atoms with Crippen molar-refractivity contribution in [1.29, 1.82) is 0 Å². The number of imidazole rings is 1. The summed E-state index contributed by atoms with van der Waals surface area (Å²) < 4.78 is 5.00. The molecule has 0 aliphatic carbocycles. The molecule has 0 atom stereocenters. The highest BCUT2D eigenvalue weighted by Gasteiger charge is 2.17. The highest BCUT2D eigenvalue weighted by molar-refractivity contribution is 9.10. The number of rotatable bonds is 3. The largest absolute Gasteiger partial charge is 0.332 e. The summed E-state index contributed by atoms with van der Waals surface area (Å²) in [5.74, 6) is 0.535. The van der Waals surface area contributed by atoms with Crippen LogP contribution in [0.3, 0.4) is 0 Å². The van der Waals surface area contributed by atoms with Gasteiger partial charge in [0, 0.05) is 20.6 Å². The molecule has 0 saturated heterocycles. The average Bonchev–Trinajstić information content (AvgIpc) is 2.68. The van der Waals surface area contributed by atoms with Crippen molar-refractivity contribution in [3.63, 3.8) is 0 Å². The Hall–Kier alpha value is -1.37. The molecule has 0 unspecified atom stereocenters. The van der Waals surface area contributed by atoms with Gasteiger partial charge in [-0.05, 0) is 28.3 Å². The monoisotopic (exact) mass is 328 g/mol. The maximum atomic E-state index is 12.1. The maximum absolute atomic E-state index is 12.1. The van der Waals surface area contributed by atoms with Crippen LogP contribution in [0.1, 0.15) is 20.3 Å². The SMILES string of the molecule is CC(C)CCn1c(Br)nc2c(=O)n(C)c(=O)n(C)c21. The molecule has 0 spiro atoms. The van der Waals surface area contributed by atoms with Crippen LogP contribution in [0.4, 0.5) is 0 Å². The molecule has 0 amide bonds. The zero-order chi connectivity index (χ0) is 14.3. The lowest BCUT2D eigenvalue weighted by Gasteiger charge is -2.10. The van der Waals surface area contributed by atoms with Crippen molar-refractivity contribution in [1.82, 2.24) is 18.7 Å². The quantitative estimate of drug-likeness (QED) is 0.796. The van der Waals surface area contributed by atoms with Gasteiger partial charge in [-0.2, -0.15) is 0 Å². The van der Waals surface area contributed by atoms with Gasteiger partial charge in [-0.1, -0.05) is 13.8 Å². The number of aryl methyl sites for hydroxylation is 2. The van der Waals surface area contributed by atoms with E-state index in [1.54, 1.807) is 7.05 Å². The molecular formula is C12H17BrN4O2. The summed E-state index contributed by atoms with van der Waals surface area (Å²) in [7, 11) is 3.12. The van der Waals surface area contributed by atoms with Crippen molar-refractivity contribution in [3.05, 3.63) is 25.6 Å². The van der Waals surface area contributed by atoms with E-state index in [4.69, 9.17) is 0 Å².